The topological polar surface area (TPSA) is 54.0 Å². The van der Waals surface area contributed by atoms with Gasteiger partial charge in [-0.25, -0.2) is 4.98 Å². The van der Waals surface area contributed by atoms with Gasteiger partial charge in [-0.3, -0.25) is 4.79 Å². The number of carbonyl (C=O) groups is 1. The fourth-order valence-electron chi connectivity index (χ4n) is 2.19. The third kappa shape index (κ3) is 2.37. The summed E-state index contributed by atoms with van der Waals surface area (Å²) >= 11 is 1.52. The molecular formula is C13H15N3OS. The zero-order valence-corrected chi connectivity index (χ0v) is 10.8. The van der Waals surface area contributed by atoms with Gasteiger partial charge in [0.05, 0.1) is 16.3 Å². The molecule has 4 nitrogen and oxygen atoms in total. The molecule has 0 radical (unpaired) electrons. The van der Waals surface area contributed by atoms with Gasteiger partial charge in [0.15, 0.2) is 5.13 Å². The zero-order valence-electron chi connectivity index (χ0n) is 9.98. The Labute approximate surface area is 109 Å². The number of aromatic nitrogens is 1. The summed E-state index contributed by atoms with van der Waals surface area (Å²) in [7, 11) is 0. The van der Waals surface area contributed by atoms with Crippen molar-refractivity contribution in [2.24, 2.45) is 0 Å². The average molecular weight is 261 g/mol. The average Bonchev–Trinajstić information content (AvgIpc) is 2.82. The lowest BCUT2D eigenvalue weighted by molar-refractivity contribution is -0.118. The molecule has 0 saturated carbocycles. The summed E-state index contributed by atoms with van der Waals surface area (Å²) in [5, 5.41) is 6.83. The number of nitrogens with one attached hydrogen (secondary N) is 2. The first kappa shape index (κ1) is 11.6. The summed E-state index contributed by atoms with van der Waals surface area (Å²) in [5.41, 5.74) is 0.939. The van der Waals surface area contributed by atoms with Crippen LogP contribution in [0.3, 0.4) is 0 Å². The number of anilines is 1. The van der Waals surface area contributed by atoms with Crippen LogP contribution in [0.15, 0.2) is 24.3 Å². The van der Waals surface area contributed by atoms with Gasteiger partial charge in [-0.2, -0.15) is 0 Å². The van der Waals surface area contributed by atoms with Crippen LogP contribution in [-0.2, 0) is 4.79 Å². The number of para-hydroxylation sites is 1. The van der Waals surface area contributed by atoms with Crippen LogP contribution in [0.2, 0.25) is 0 Å². The Kier molecular flexibility index (Phi) is 3.25. The molecule has 1 aliphatic rings. The minimum atomic E-state index is -0.0641. The van der Waals surface area contributed by atoms with Gasteiger partial charge in [-0.05, 0) is 31.5 Å². The molecule has 1 saturated heterocycles. The highest BCUT2D eigenvalue weighted by Crippen LogP contribution is 2.25. The molecule has 1 unspecified atom stereocenters. The van der Waals surface area contributed by atoms with Crippen molar-refractivity contribution in [1.82, 2.24) is 10.3 Å². The third-order valence-corrected chi connectivity index (χ3v) is 4.10. The van der Waals surface area contributed by atoms with Crippen LogP contribution in [0.25, 0.3) is 10.2 Å². The highest BCUT2D eigenvalue weighted by molar-refractivity contribution is 7.22. The van der Waals surface area contributed by atoms with Crippen molar-refractivity contribution in [3.05, 3.63) is 24.3 Å². The molecule has 1 amide bonds. The lowest BCUT2D eigenvalue weighted by Gasteiger charge is -2.21. The Balaban J connectivity index is 1.73. The second-order valence-corrected chi connectivity index (χ2v) is 5.51. The van der Waals surface area contributed by atoms with E-state index in [1.807, 2.05) is 24.3 Å². The molecule has 1 aromatic carbocycles. The predicted octanol–water partition coefficient (Wildman–Crippen LogP) is 2.38. The number of carbonyl (C=O) groups excluding carboxylic acids is 1. The second-order valence-electron chi connectivity index (χ2n) is 4.48. The molecule has 0 spiro atoms. The molecule has 0 bridgehead atoms. The molecule has 0 aliphatic carbocycles. The van der Waals surface area contributed by atoms with Gasteiger partial charge in [-0.15, -0.1) is 0 Å². The Morgan fingerprint density at radius 1 is 1.39 bits per heavy atom. The SMILES string of the molecule is O=C(Nc1nc2ccccc2s1)C1CCCCN1. The van der Waals surface area contributed by atoms with E-state index >= 15 is 0 Å². The number of rotatable bonds is 2. The van der Waals surface area contributed by atoms with E-state index in [4.69, 9.17) is 0 Å². The Morgan fingerprint density at radius 2 is 2.28 bits per heavy atom. The van der Waals surface area contributed by atoms with E-state index in [-0.39, 0.29) is 11.9 Å². The third-order valence-electron chi connectivity index (χ3n) is 3.15. The summed E-state index contributed by atoms with van der Waals surface area (Å²) in [6, 6.07) is 7.85. The molecule has 94 valence electrons. The summed E-state index contributed by atoms with van der Waals surface area (Å²) < 4.78 is 1.10. The molecular weight excluding hydrogens is 246 g/mol. The fourth-order valence-corrected chi connectivity index (χ4v) is 3.06. The van der Waals surface area contributed by atoms with Gasteiger partial charge < -0.3 is 10.6 Å². The van der Waals surface area contributed by atoms with Gasteiger partial charge in [-0.1, -0.05) is 29.9 Å². The largest absolute Gasteiger partial charge is 0.306 e. The van der Waals surface area contributed by atoms with Crippen molar-refractivity contribution in [2.45, 2.75) is 25.3 Å². The van der Waals surface area contributed by atoms with E-state index in [2.05, 4.69) is 15.6 Å². The quantitative estimate of drug-likeness (QED) is 0.872. The number of hydrogen-bond donors (Lipinski definition) is 2. The highest BCUT2D eigenvalue weighted by Gasteiger charge is 2.21. The number of benzene rings is 1. The normalized spacial score (nSPS) is 19.9. The number of hydrogen-bond acceptors (Lipinski definition) is 4. The minimum Gasteiger partial charge on any atom is -0.306 e. The number of nitrogens with zero attached hydrogens (tertiary/aromatic N) is 1. The van der Waals surface area contributed by atoms with Crippen LogP contribution >= 0.6 is 11.3 Å². The van der Waals surface area contributed by atoms with Gasteiger partial charge in [0.25, 0.3) is 0 Å². The van der Waals surface area contributed by atoms with E-state index in [9.17, 15) is 4.79 Å². The van der Waals surface area contributed by atoms with Crippen LogP contribution in [0.5, 0.6) is 0 Å². The lowest BCUT2D eigenvalue weighted by Crippen LogP contribution is -2.43. The number of piperidine rings is 1. The zero-order chi connectivity index (χ0) is 12.4. The van der Waals surface area contributed by atoms with Crippen molar-refractivity contribution in [1.29, 1.82) is 0 Å². The van der Waals surface area contributed by atoms with Crippen LogP contribution in [0, 0.1) is 0 Å². The van der Waals surface area contributed by atoms with E-state index in [1.165, 1.54) is 11.3 Å². The minimum absolute atomic E-state index is 0.0359. The van der Waals surface area contributed by atoms with Gasteiger partial charge in [0, 0.05) is 0 Å². The van der Waals surface area contributed by atoms with Crippen LogP contribution in [-0.4, -0.2) is 23.5 Å². The molecule has 1 fully saturated rings. The first-order valence-electron chi connectivity index (χ1n) is 6.23. The van der Waals surface area contributed by atoms with E-state index < -0.39 is 0 Å². The fraction of sp³-hybridized carbons (Fsp3) is 0.385. The van der Waals surface area contributed by atoms with Gasteiger partial charge >= 0.3 is 0 Å². The van der Waals surface area contributed by atoms with Crippen LogP contribution in [0.1, 0.15) is 19.3 Å². The Hall–Kier alpha value is -1.46. The Bertz CT molecular complexity index is 527. The molecule has 1 atom stereocenters. The predicted molar refractivity (Wildman–Crippen MR) is 73.9 cm³/mol. The summed E-state index contributed by atoms with van der Waals surface area (Å²) in [4.78, 5) is 16.4. The summed E-state index contributed by atoms with van der Waals surface area (Å²) in [6.07, 6.45) is 3.19. The maximum Gasteiger partial charge on any atom is 0.243 e. The molecule has 5 heteroatoms. The maximum atomic E-state index is 12.0. The number of amides is 1. The molecule has 2 N–H and O–H groups in total. The number of fused-ring (bicyclic) bond motifs is 1. The van der Waals surface area contributed by atoms with Crippen molar-refractivity contribution in [2.75, 3.05) is 11.9 Å². The van der Waals surface area contributed by atoms with E-state index in [0.29, 0.717) is 5.13 Å². The monoisotopic (exact) mass is 261 g/mol. The summed E-state index contributed by atoms with van der Waals surface area (Å²) in [6.45, 7) is 0.929. The van der Waals surface area contributed by atoms with Crippen molar-refractivity contribution in [3.8, 4) is 0 Å². The highest BCUT2D eigenvalue weighted by atomic mass is 32.1. The van der Waals surface area contributed by atoms with Crippen LogP contribution in [0.4, 0.5) is 5.13 Å². The smallest absolute Gasteiger partial charge is 0.243 e. The lowest BCUT2D eigenvalue weighted by atomic mass is 10.0. The van der Waals surface area contributed by atoms with E-state index in [1.54, 1.807) is 0 Å². The molecule has 3 rings (SSSR count). The van der Waals surface area contributed by atoms with E-state index in [0.717, 1.165) is 36.0 Å². The molecule has 2 heterocycles. The number of thiazole rings is 1. The van der Waals surface area contributed by atoms with Crippen molar-refractivity contribution >= 4 is 32.6 Å². The first-order valence-corrected chi connectivity index (χ1v) is 7.04. The second kappa shape index (κ2) is 5.04. The van der Waals surface area contributed by atoms with Crippen molar-refractivity contribution < 1.29 is 4.79 Å². The summed E-state index contributed by atoms with van der Waals surface area (Å²) in [5.74, 6) is 0.0359. The molecule has 2 aromatic rings. The first-order chi connectivity index (χ1) is 8.83. The molecule has 1 aliphatic heterocycles. The maximum absolute atomic E-state index is 12.0. The van der Waals surface area contributed by atoms with Crippen LogP contribution < -0.4 is 10.6 Å². The Morgan fingerprint density at radius 3 is 3.06 bits per heavy atom. The standard InChI is InChI=1S/C13H15N3OS/c17-12(10-6-3-4-8-14-10)16-13-15-9-5-1-2-7-11(9)18-13/h1-2,5,7,10,14H,3-4,6,8H2,(H,15,16,17). The molecule has 1 aromatic heterocycles. The van der Waals surface area contributed by atoms with Gasteiger partial charge in [0.1, 0.15) is 0 Å². The molecule has 18 heavy (non-hydrogen) atoms. The van der Waals surface area contributed by atoms with Crippen molar-refractivity contribution in [3.63, 3.8) is 0 Å². The van der Waals surface area contributed by atoms with Gasteiger partial charge in [0.2, 0.25) is 5.91 Å².